The number of hydrogen-bond donors (Lipinski definition) is 4. The normalized spacial score (nSPS) is 29.1. The molecule has 2 spiro atoms. The molecule has 132 valence electrons. The molecule has 0 atom stereocenters. The van der Waals surface area contributed by atoms with E-state index in [9.17, 15) is 9.59 Å². The number of hydrogen-bond acceptors (Lipinski definition) is 4. The molecule has 3 aliphatic rings. The van der Waals surface area contributed by atoms with Crippen molar-refractivity contribution in [3.63, 3.8) is 0 Å². The summed E-state index contributed by atoms with van der Waals surface area (Å²) >= 11 is 0. The Morgan fingerprint density at radius 3 is 1.38 bits per heavy atom. The van der Waals surface area contributed by atoms with E-state index < -0.39 is 11.3 Å². The van der Waals surface area contributed by atoms with E-state index in [2.05, 4.69) is 21.3 Å². The van der Waals surface area contributed by atoms with Crippen molar-refractivity contribution in [2.45, 2.75) is 37.0 Å². The molecule has 2 heterocycles. The Bertz CT molecular complexity index is 840. The van der Waals surface area contributed by atoms with Gasteiger partial charge >= 0.3 is 0 Å². The Labute approximate surface area is 151 Å². The second-order valence-corrected chi connectivity index (χ2v) is 7.41. The summed E-state index contributed by atoms with van der Waals surface area (Å²) in [6.45, 7) is 0. The van der Waals surface area contributed by atoms with Gasteiger partial charge in [0.1, 0.15) is 11.3 Å². The molecule has 0 unspecified atom stereocenters. The van der Waals surface area contributed by atoms with E-state index in [0.717, 1.165) is 37.1 Å². The third-order valence-electron chi connectivity index (χ3n) is 5.75. The molecule has 1 fully saturated rings. The third kappa shape index (κ3) is 2.25. The van der Waals surface area contributed by atoms with Gasteiger partial charge in [-0.25, -0.2) is 0 Å². The van der Waals surface area contributed by atoms with E-state index in [0.29, 0.717) is 11.1 Å². The second kappa shape index (κ2) is 5.24. The van der Waals surface area contributed by atoms with Gasteiger partial charge in [0.15, 0.2) is 0 Å². The fraction of sp³-hybridized carbons (Fsp3) is 0.300. The second-order valence-electron chi connectivity index (χ2n) is 7.41. The SMILES string of the molecule is O=C1NC2(CCC3(CC2)NC(=O)c2ccccc2N3)Nc2ccccc21. The average molecular weight is 348 g/mol. The van der Waals surface area contributed by atoms with Gasteiger partial charge < -0.3 is 21.3 Å². The summed E-state index contributed by atoms with van der Waals surface area (Å²) in [5.41, 5.74) is 2.18. The van der Waals surface area contributed by atoms with Crippen LogP contribution in [0.25, 0.3) is 0 Å². The van der Waals surface area contributed by atoms with Crippen molar-refractivity contribution >= 4 is 23.2 Å². The highest BCUT2D eigenvalue weighted by molar-refractivity contribution is 6.03. The lowest BCUT2D eigenvalue weighted by molar-refractivity contribution is 0.0774. The molecule has 2 aromatic carbocycles. The molecule has 26 heavy (non-hydrogen) atoms. The Hall–Kier alpha value is -3.02. The van der Waals surface area contributed by atoms with Gasteiger partial charge in [-0.05, 0) is 49.9 Å². The molecule has 1 saturated carbocycles. The number of nitrogens with one attached hydrogen (secondary N) is 4. The number of carbonyl (C=O) groups excluding carboxylic acids is 2. The third-order valence-corrected chi connectivity index (χ3v) is 5.75. The molecule has 6 heteroatoms. The summed E-state index contributed by atoms with van der Waals surface area (Å²) in [6, 6.07) is 15.1. The minimum absolute atomic E-state index is 0.0405. The molecule has 0 bridgehead atoms. The van der Waals surface area contributed by atoms with E-state index in [1.807, 2.05) is 48.5 Å². The number of carbonyl (C=O) groups is 2. The molecule has 6 nitrogen and oxygen atoms in total. The van der Waals surface area contributed by atoms with Gasteiger partial charge in [-0.2, -0.15) is 0 Å². The zero-order valence-electron chi connectivity index (χ0n) is 14.3. The quantitative estimate of drug-likeness (QED) is 0.590. The first-order valence-electron chi connectivity index (χ1n) is 8.98. The van der Waals surface area contributed by atoms with Crippen molar-refractivity contribution in [1.82, 2.24) is 10.6 Å². The lowest BCUT2D eigenvalue weighted by Gasteiger charge is -2.51. The van der Waals surface area contributed by atoms with Crippen LogP contribution in [0.1, 0.15) is 46.4 Å². The predicted octanol–water partition coefficient (Wildman–Crippen LogP) is 2.66. The lowest BCUT2D eigenvalue weighted by Crippen LogP contribution is -2.66. The largest absolute Gasteiger partial charge is 0.362 e. The first-order valence-corrected chi connectivity index (χ1v) is 8.98. The van der Waals surface area contributed by atoms with Crippen molar-refractivity contribution in [2.24, 2.45) is 0 Å². The molecule has 0 aromatic heterocycles. The van der Waals surface area contributed by atoms with Gasteiger partial charge in [-0.1, -0.05) is 24.3 Å². The minimum Gasteiger partial charge on any atom is -0.362 e. The van der Waals surface area contributed by atoms with E-state index in [1.54, 1.807) is 0 Å². The lowest BCUT2D eigenvalue weighted by atomic mass is 9.78. The van der Waals surface area contributed by atoms with E-state index in [1.165, 1.54) is 0 Å². The van der Waals surface area contributed by atoms with E-state index >= 15 is 0 Å². The standard InChI is InChI=1S/C20H20N4O2/c25-17-13-5-1-3-7-15(13)21-19(23-17)9-11-20(12-10-19)22-16-8-4-2-6-14(16)18(26)24-20/h1-8,21-22H,9-12H2,(H,23,25)(H,24,26). The molecule has 2 aliphatic heterocycles. The fourth-order valence-electron chi connectivity index (χ4n) is 4.33. The number of rotatable bonds is 0. The van der Waals surface area contributed by atoms with Crippen LogP contribution in [0.2, 0.25) is 0 Å². The molecular weight excluding hydrogens is 328 g/mol. The first kappa shape index (κ1) is 15.3. The van der Waals surface area contributed by atoms with Crippen LogP contribution in [0, 0.1) is 0 Å². The summed E-state index contributed by atoms with van der Waals surface area (Å²) in [5.74, 6) is -0.0810. The van der Waals surface area contributed by atoms with Gasteiger partial charge in [0.25, 0.3) is 11.8 Å². The Balaban J connectivity index is 1.39. The summed E-state index contributed by atoms with van der Waals surface area (Å²) in [7, 11) is 0. The topological polar surface area (TPSA) is 82.3 Å². The Kier molecular flexibility index (Phi) is 3.07. The first-order chi connectivity index (χ1) is 12.6. The van der Waals surface area contributed by atoms with E-state index in [4.69, 9.17) is 0 Å². The summed E-state index contributed by atoms with van der Waals surface area (Å²) in [4.78, 5) is 25.0. The van der Waals surface area contributed by atoms with Gasteiger partial charge in [0.05, 0.1) is 11.1 Å². The monoisotopic (exact) mass is 348 g/mol. The molecule has 2 amide bonds. The van der Waals surface area contributed by atoms with Crippen LogP contribution < -0.4 is 21.3 Å². The van der Waals surface area contributed by atoms with Gasteiger partial charge in [-0.3, -0.25) is 9.59 Å². The molecular formula is C20H20N4O2. The highest BCUT2D eigenvalue weighted by Gasteiger charge is 2.48. The Morgan fingerprint density at radius 2 is 0.962 bits per heavy atom. The van der Waals surface area contributed by atoms with Crippen LogP contribution in [0.5, 0.6) is 0 Å². The van der Waals surface area contributed by atoms with Crippen LogP contribution >= 0.6 is 0 Å². The zero-order chi connectivity index (χ0) is 17.8. The van der Waals surface area contributed by atoms with Crippen LogP contribution in [0.3, 0.4) is 0 Å². The van der Waals surface area contributed by atoms with Crippen LogP contribution in [0.4, 0.5) is 11.4 Å². The summed E-state index contributed by atoms with van der Waals surface area (Å²) < 4.78 is 0. The van der Waals surface area contributed by atoms with Crippen molar-refractivity contribution in [1.29, 1.82) is 0 Å². The molecule has 1 aliphatic carbocycles. The van der Waals surface area contributed by atoms with Gasteiger partial charge in [0.2, 0.25) is 0 Å². The van der Waals surface area contributed by atoms with Gasteiger partial charge in [0, 0.05) is 11.4 Å². The Morgan fingerprint density at radius 1 is 0.577 bits per heavy atom. The summed E-state index contributed by atoms with van der Waals surface area (Å²) in [5, 5.41) is 13.3. The summed E-state index contributed by atoms with van der Waals surface area (Å²) in [6.07, 6.45) is 2.90. The maximum Gasteiger partial charge on any atom is 0.255 e. The highest BCUT2D eigenvalue weighted by atomic mass is 16.2. The average Bonchev–Trinajstić information content (AvgIpc) is 2.65. The van der Waals surface area contributed by atoms with Gasteiger partial charge in [-0.15, -0.1) is 0 Å². The zero-order valence-corrected chi connectivity index (χ0v) is 14.3. The molecule has 2 aromatic rings. The number of benzene rings is 2. The maximum atomic E-state index is 12.5. The number of amides is 2. The van der Waals surface area contributed by atoms with Crippen molar-refractivity contribution in [3.05, 3.63) is 59.7 Å². The van der Waals surface area contributed by atoms with Crippen LogP contribution in [0.15, 0.2) is 48.5 Å². The highest BCUT2D eigenvalue weighted by Crippen LogP contribution is 2.40. The van der Waals surface area contributed by atoms with Crippen molar-refractivity contribution < 1.29 is 9.59 Å². The van der Waals surface area contributed by atoms with Crippen molar-refractivity contribution in [3.8, 4) is 0 Å². The molecule has 0 saturated heterocycles. The number of para-hydroxylation sites is 2. The van der Waals surface area contributed by atoms with Crippen LogP contribution in [-0.4, -0.2) is 23.1 Å². The molecule has 0 radical (unpaired) electrons. The maximum absolute atomic E-state index is 12.5. The van der Waals surface area contributed by atoms with Crippen molar-refractivity contribution in [2.75, 3.05) is 10.6 Å². The number of anilines is 2. The predicted molar refractivity (Wildman–Crippen MR) is 99.0 cm³/mol. The van der Waals surface area contributed by atoms with Crippen LogP contribution in [-0.2, 0) is 0 Å². The molecule has 4 N–H and O–H groups in total. The fourth-order valence-corrected chi connectivity index (χ4v) is 4.33. The molecule has 5 rings (SSSR count). The number of fused-ring (bicyclic) bond motifs is 2. The van der Waals surface area contributed by atoms with E-state index in [-0.39, 0.29) is 11.8 Å². The smallest absolute Gasteiger partial charge is 0.255 e. The minimum atomic E-state index is -0.458.